The maximum atomic E-state index is 13.9. The maximum Gasteiger partial charge on any atom is 0.256 e. The van der Waals surface area contributed by atoms with Crippen LogP contribution >= 0.6 is 0 Å². The van der Waals surface area contributed by atoms with Crippen molar-refractivity contribution in [3.8, 4) is 0 Å². The van der Waals surface area contributed by atoms with E-state index in [0.717, 1.165) is 32.4 Å². The van der Waals surface area contributed by atoms with Gasteiger partial charge in [0.15, 0.2) is 5.60 Å². The van der Waals surface area contributed by atoms with Crippen molar-refractivity contribution in [1.29, 1.82) is 0 Å². The number of carbonyl (C=O) groups is 1. The van der Waals surface area contributed by atoms with E-state index in [1.54, 1.807) is 23.1 Å². The molecule has 0 saturated carbocycles. The monoisotopic (exact) mass is 334 g/mol. The van der Waals surface area contributed by atoms with E-state index in [2.05, 4.69) is 4.90 Å². The van der Waals surface area contributed by atoms with E-state index in [0.29, 0.717) is 25.1 Å². The zero-order valence-electron chi connectivity index (χ0n) is 14.2. The second-order valence-electron chi connectivity index (χ2n) is 7.14. The summed E-state index contributed by atoms with van der Waals surface area (Å²) in [6, 6.07) is 6.53. The first-order chi connectivity index (χ1) is 11.6. The number of piperidine rings is 1. The van der Waals surface area contributed by atoms with Crippen LogP contribution < -0.4 is 0 Å². The van der Waals surface area contributed by atoms with Crippen LogP contribution in [0, 0.1) is 5.82 Å². The van der Waals surface area contributed by atoms with Crippen molar-refractivity contribution in [3.05, 3.63) is 35.6 Å². The Kier molecular flexibility index (Phi) is 5.51. The van der Waals surface area contributed by atoms with Gasteiger partial charge in [0, 0.05) is 25.2 Å². The van der Waals surface area contributed by atoms with Crippen molar-refractivity contribution in [2.24, 2.45) is 0 Å². The Labute approximate surface area is 143 Å². The second kappa shape index (κ2) is 7.62. The third-order valence-electron chi connectivity index (χ3n) is 5.21. The van der Waals surface area contributed by atoms with Gasteiger partial charge < -0.3 is 10.0 Å². The highest BCUT2D eigenvalue weighted by Crippen LogP contribution is 2.26. The fourth-order valence-electron chi connectivity index (χ4n) is 3.86. The van der Waals surface area contributed by atoms with Gasteiger partial charge in [-0.3, -0.25) is 9.69 Å². The van der Waals surface area contributed by atoms with Crippen LogP contribution in [0.4, 0.5) is 4.39 Å². The number of aliphatic hydroxyl groups is 1. The van der Waals surface area contributed by atoms with E-state index in [9.17, 15) is 14.3 Å². The average Bonchev–Trinajstić information content (AvgIpc) is 2.82. The van der Waals surface area contributed by atoms with Gasteiger partial charge in [-0.05, 0) is 44.8 Å². The highest BCUT2D eigenvalue weighted by molar-refractivity contribution is 5.86. The largest absolute Gasteiger partial charge is 0.379 e. The molecule has 1 unspecified atom stereocenters. The van der Waals surface area contributed by atoms with Crippen molar-refractivity contribution in [1.82, 2.24) is 9.80 Å². The minimum absolute atomic E-state index is 0.230. The highest BCUT2D eigenvalue weighted by Gasteiger charge is 2.43. The van der Waals surface area contributed by atoms with Crippen LogP contribution in [0.15, 0.2) is 24.3 Å². The van der Waals surface area contributed by atoms with Gasteiger partial charge in [0.2, 0.25) is 0 Å². The first kappa shape index (κ1) is 17.4. The molecule has 0 radical (unpaired) electrons. The smallest absolute Gasteiger partial charge is 0.256 e. The van der Waals surface area contributed by atoms with Crippen LogP contribution in [-0.2, 0) is 11.3 Å². The number of benzene rings is 1. The summed E-state index contributed by atoms with van der Waals surface area (Å²) in [5.41, 5.74) is -0.821. The molecular formula is C19H27FN2O2. The zero-order chi connectivity index (χ0) is 17.0. The summed E-state index contributed by atoms with van der Waals surface area (Å²) in [5.74, 6) is -0.548. The SMILES string of the molecule is O=C1N(Cc2ccccc2F)CCCC1(O)CN1CCCCCC1. The van der Waals surface area contributed by atoms with Crippen LogP contribution in [0.1, 0.15) is 44.1 Å². The first-order valence-corrected chi connectivity index (χ1v) is 9.06. The van der Waals surface area contributed by atoms with E-state index in [1.807, 2.05) is 0 Å². The molecule has 2 fully saturated rings. The third kappa shape index (κ3) is 3.95. The van der Waals surface area contributed by atoms with Gasteiger partial charge in [-0.1, -0.05) is 31.0 Å². The third-order valence-corrected chi connectivity index (χ3v) is 5.21. The Morgan fingerprint density at radius 3 is 2.46 bits per heavy atom. The van der Waals surface area contributed by atoms with Crippen LogP contribution in [0.2, 0.25) is 0 Å². The Balaban J connectivity index is 1.68. The lowest BCUT2D eigenvalue weighted by molar-refractivity contribution is -0.160. The Morgan fingerprint density at radius 1 is 1.04 bits per heavy atom. The van der Waals surface area contributed by atoms with Crippen LogP contribution in [-0.4, -0.2) is 52.6 Å². The minimum atomic E-state index is -1.33. The molecular weight excluding hydrogens is 307 g/mol. The molecule has 2 saturated heterocycles. The van der Waals surface area contributed by atoms with Gasteiger partial charge in [0.05, 0.1) is 0 Å². The first-order valence-electron chi connectivity index (χ1n) is 9.06. The molecule has 1 atom stereocenters. The summed E-state index contributed by atoms with van der Waals surface area (Å²) in [4.78, 5) is 16.7. The molecule has 1 aromatic rings. The molecule has 0 spiro atoms. The summed E-state index contributed by atoms with van der Waals surface area (Å²) in [5, 5.41) is 11.0. The summed E-state index contributed by atoms with van der Waals surface area (Å²) >= 11 is 0. The minimum Gasteiger partial charge on any atom is -0.379 e. The lowest BCUT2D eigenvalue weighted by Crippen LogP contribution is -2.58. The van der Waals surface area contributed by atoms with Gasteiger partial charge in [-0.2, -0.15) is 0 Å². The number of rotatable bonds is 4. The van der Waals surface area contributed by atoms with Gasteiger partial charge in [-0.15, -0.1) is 0 Å². The number of halogens is 1. The second-order valence-corrected chi connectivity index (χ2v) is 7.14. The molecule has 0 bridgehead atoms. The lowest BCUT2D eigenvalue weighted by Gasteiger charge is -2.40. The predicted octanol–water partition coefficient (Wildman–Crippen LogP) is 2.56. The van der Waals surface area contributed by atoms with Crippen molar-refractivity contribution in [2.45, 2.75) is 50.7 Å². The van der Waals surface area contributed by atoms with Gasteiger partial charge in [-0.25, -0.2) is 4.39 Å². The Morgan fingerprint density at radius 2 is 1.75 bits per heavy atom. The normalized spacial score (nSPS) is 26.4. The van der Waals surface area contributed by atoms with Crippen LogP contribution in [0.25, 0.3) is 0 Å². The molecule has 132 valence electrons. The summed E-state index contributed by atoms with van der Waals surface area (Å²) < 4.78 is 13.9. The molecule has 4 nitrogen and oxygen atoms in total. The number of hydrogen-bond donors (Lipinski definition) is 1. The number of hydrogen-bond acceptors (Lipinski definition) is 3. The molecule has 0 aliphatic carbocycles. The number of likely N-dealkylation sites (tertiary alicyclic amines) is 2. The molecule has 5 heteroatoms. The Bertz CT molecular complexity index is 572. The molecule has 2 aliphatic rings. The number of amides is 1. The molecule has 2 aliphatic heterocycles. The van der Waals surface area contributed by atoms with Crippen molar-refractivity contribution in [3.63, 3.8) is 0 Å². The maximum absolute atomic E-state index is 13.9. The molecule has 2 heterocycles. The topological polar surface area (TPSA) is 43.8 Å². The van der Waals surface area contributed by atoms with E-state index < -0.39 is 5.60 Å². The van der Waals surface area contributed by atoms with E-state index in [4.69, 9.17) is 0 Å². The fourth-order valence-corrected chi connectivity index (χ4v) is 3.86. The van der Waals surface area contributed by atoms with E-state index in [-0.39, 0.29) is 18.3 Å². The predicted molar refractivity (Wildman–Crippen MR) is 90.9 cm³/mol. The van der Waals surface area contributed by atoms with Crippen molar-refractivity contribution < 1.29 is 14.3 Å². The van der Waals surface area contributed by atoms with Gasteiger partial charge in [0.1, 0.15) is 5.82 Å². The van der Waals surface area contributed by atoms with Crippen LogP contribution in [0.3, 0.4) is 0 Å². The average molecular weight is 334 g/mol. The number of nitrogens with zero attached hydrogens (tertiary/aromatic N) is 2. The molecule has 24 heavy (non-hydrogen) atoms. The molecule has 0 aromatic heterocycles. The standard InChI is InChI=1S/C19H27FN2O2/c20-17-9-4-3-8-16(17)14-22-13-7-10-19(24,18(22)23)15-21-11-5-1-2-6-12-21/h3-4,8-9,24H,1-2,5-7,10-15H2. The van der Waals surface area contributed by atoms with Gasteiger partial charge in [0.25, 0.3) is 5.91 Å². The summed E-state index contributed by atoms with van der Waals surface area (Å²) in [6.45, 7) is 3.11. The van der Waals surface area contributed by atoms with Crippen molar-refractivity contribution >= 4 is 5.91 Å². The Hall–Kier alpha value is -1.46. The van der Waals surface area contributed by atoms with E-state index >= 15 is 0 Å². The quantitative estimate of drug-likeness (QED) is 0.920. The number of carbonyl (C=O) groups excluding carboxylic acids is 1. The number of β-amino-alcohol motifs (C(OH)–C–C–N with tert-alkyl or cyclic N) is 1. The summed E-state index contributed by atoms with van der Waals surface area (Å²) in [6.07, 6.45) is 5.96. The van der Waals surface area contributed by atoms with Gasteiger partial charge >= 0.3 is 0 Å². The van der Waals surface area contributed by atoms with Crippen LogP contribution in [0.5, 0.6) is 0 Å². The highest BCUT2D eigenvalue weighted by atomic mass is 19.1. The molecule has 1 N–H and O–H groups in total. The lowest BCUT2D eigenvalue weighted by atomic mass is 9.90. The van der Waals surface area contributed by atoms with E-state index in [1.165, 1.54) is 18.9 Å². The van der Waals surface area contributed by atoms with Crippen molar-refractivity contribution in [2.75, 3.05) is 26.2 Å². The zero-order valence-corrected chi connectivity index (χ0v) is 14.2. The fraction of sp³-hybridized carbons (Fsp3) is 0.632. The summed E-state index contributed by atoms with van der Waals surface area (Å²) in [7, 11) is 0. The molecule has 1 amide bonds. The molecule has 3 rings (SSSR count). The molecule has 1 aromatic carbocycles.